The lowest BCUT2D eigenvalue weighted by molar-refractivity contribution is 0.109. The van der Waals surface area contributed by atoms with E-state index in [2.05, 4.69) is 19.2 Å². The largest absolute Gasteiger partial charge is 0.379 e. The molecular formula is C11H21NOS. The maximum absolute atomic E-state index is 5.01. The molecule has 0 aliphatic carbocycles. The highest BCUT2D eigenvalue weighted by Crippen LogP contribution is 1.91. The lowest BCUT2D eigenvalue weighted by Gasteiger charge is -2.10. The van der Waals surface area contributed by atoms with E-state index in [9.17, 15) is 0 Å². The first-order valence-corrected chi connectivity index (χ1v) is 6.11. The van der Waals surface area contributed by atoms with Gasteiger partial charge in [0.2, 0.25) is 0 Å². The van der Waals surface area contributed by atoms with Gasteiger partial charge in [-0.2, -0.15) is 11.3 Å². The second kappa shape index (κ2) is 12.6. The van der Waals surface area contributed by atoms with Crippen LogP contribution in [-0.4, -0.2) is 26.3 Å². The van der Waals surface area contributed by atoms with Crippen LogP contribution >= 0.6 is 11.3 Å². The van der Waals surface area contributed by atoms with Crippen molar-refractivity contribution in [2.24, 2.45) is 0 Å². The summed E-state index contributed by atoms with van der Waals surface area (Å²) >= 11 is 1.71. The summed E-state index contributed by atoms with van der Waals surface area (Å²) in [6.45, 7) is 8.08. The Labute approximate surface area is 91.3 Å². The standard InChI is InChI=1S/C4H9NO.C4H4S.C3H8/c1-3-6-4-2-5-1;1-2-4-5-3-1;1-3-2/h5H,1-4H2;1-4H;3H2,1-2H3. The molecule has 1 aromatic heterocycles. The van der Waals surface area contributed by atoms with E-state index in [1.54, 1.807) is 11.3 Å². The van der Waals surface area contributed by atoms with Gasteiger partial charge in [0.15, 0.2) is 0 Å². The van der Waals surface area contributed by atoms with Crippen molar-refractivity contribution in [2.75, 3.05) is 26.3 Å². The smallest absolute Gasteiger partial charge is 0.0591 e. The van der Waals surface area contributed by atoms with Gasteiger partial charge in [-0.1, -0.05) is 32.4 Å². The van der Waals surface area contributed by atoms with Crippen LogP contribution in [0.4, 0.5) is 0 Å². The quantitative estimate of drug-likeness (QED) is 0.718. The highest BCUT2D eigenvalue weighted by molar-refractivity contribution is 7.07. The number of thiophene rings is 1. The predicted molar refractivity (Wildman–Crippen MR) is 64.0 cm³/mol. The molecule has 1 aromatic rings. The molecule has 1 aliphatic heterocycles. The SMILES string of the molecule is C1COCCN1.CCC.c1ccsc1. The fourth-order valence-electron chi connectivity index (χ4n) is 0.743. The summed E-state index contributed by atoms with van der Waals surface area (Å²) < 4.78 is 5.01. The molecule has 0 unspecified atom stereocenters. The number of rotatable bonds is 0. The van der Waals surface area contributed by atoms with Gasteiger partial charge < -0.3 is 10.1 Å². The Kier molecular flexibility index (Phi) is 12.3. The summed E-state index contributed by atoms with van der Waals surface area (Å²) in [6.07, 6.45) is 1.25. The van der Waals surface area contributed by atoms with Gasteiger partial charge in [-0.25, -0.2) is 0 Å². The predicted octanol–water partition coefficient (Wildman–Crippen LogP) is 2.77. The Morgan fingerprint density at radius 2 is 1.64 bits per heavy atom. The molecule has 0 aromatic carbocycles. The van der Waals surface area contributed by atoms with Crippen LogP contribution in [0.25, 0.3) is 0 Å². The van der Waals surface area contributed by atoms with Crippen molar-refractivity contribution in [3.05, 3.63) is 22.9 Å². The number of nitrogens with one attached hydrogen (secondary N) is 1. The maximum Gasteiger partial charge on any atom is 0.0591 e. The minimum Gasteiger partial charge on any atom is -0.379 e. The molecule has 1 fully saturated rings. The minimum absolute atomic E-state index is 0.889. The Morgan fingerprint density at radius 1 is 1.14 bits per heavy atom. The summed E-state index contributed by atoms with van der Waals surface area (Å²) in [6, 6.07) is 4.04. The van der Waals surface area contributed by atoms with Gasteiger partial charge in [0, 0.05) is 13.1 Å². The number of morpholine rings is 1. The first-order chi connectivity index (χ1) is 6.91. The van der Waals surface area contributed by atoms with E-state index in [4.69, 9.17) is 4.74 Å². The molecule has 1 N–H and O–H groups in total. The minimum atomic E-state index is 0.889. The Bertz CT molecular complexity index is 133. The van der Waals surface area contributed by atoms with Gasteiger partial charge in [0.25, 0.3) is 0 Å². The van der Waals surface area contributed by atoms with E-state index in [1.807, 2.05) is 22.9 Å². The zero-order chi connectivity index (χ0) is 10.5. The van der Waals surface area contributed by atoms with Crippen molar-refractivity contribution in [3.8, 4) is 0 Å². The Hall–Kier alpha value is -0.380. The average Bonchev–Trinajstić information content (AvgIpc) is 2.80. The van der Waals surface area contributed by atoms with Crippen molar-refractivity contribution < 1.29 is 4.74 Å². The first-order valence-electron chi connectivity index (χ1n) is 5.17. The molecule has 0 amide bonds. The van der Waals surface area contributed by atoms with Gasteiger partial charge in [0.05, 0.1) is 13.2 Å². The van der Waals surface area contributed by atoms with Crippen LogP contribution < -0.4 is 5.32 Å². The van der Waals surface area contributed by atoms with Crippen LogP contribution in [0.1, 0.15) is 20.3 Å². The van der Waals surface area contributed by atoms with Crippen molar-refractivity contribution in [1.82, 2.24) is 5.32 Å². The number of ether oxygens (including phenoxy) is 1. The molecule has 2 rings (SSSR count). The third kappa shape index (κ3) is 11.6. The zero-order valence-electron chi connectivity index (χ0n) is 9.16. The highest BCUT2D eigenvalue weighted by Gasteiger charge is 1.92. The van der Waals surface area contributed by atoms with E-state index in [0.717, 1.165) is 26.3 Å². The summed E-state index contributed by atoms with van der Waals surface area (Å²) in [5.74, 6) is 0. The Morgan fingerprint density at radius 3 is 1.79 bits per heavy atom. The highest BCUT2D eigenvalue weighted by atomic mass is 32.1. The van der Waals surface area contributed by atoms with Crippen molar-refractivity contribution in [3.63, 3.8) is 0 Å². The molecule has 0 saturated carbocycles. The summed E-state index contributed by atoms with van der Waals surface area (Å²) in [7, 11) is 0. The second-order valence-corrected chi connectivity index (χ2v) is 3.68. The number of hydrogen-bond donors (Lipinski definition) is 1. The van der Waals surface area contributed by atoms with Crippen LogP contribution in [0.3, 0.4) is 0 Å². The normalized spacial score (nSPS) is 14.4. The van der Waals surface area contributed by atoms with Crippen molar-refractivity contribution in [2.45, 2.75) is 20.3 Å². The number of hydrogen-bond acceptors (Lipinski definition) is 3. The zero-order valence-corrected chi connectivity index (χ0v) is 9.98. The van der Waals surface area contributed by atoms with Gasteiger partial charge in [-0.15, -0.1) is 0 Å². The Balaban J connectivity index is 0.000000193. The lowest BCUT2D eigenvalue weighted by atomic mass is 10.5. The molecule has 14 heavy (non-hydrogen) atoms. The van der Waals surface area contributed by atoms with Crippen LogP contribution in [0.2, 0.25) is 0 Å². The summed E-state index contributed by atoms with van der Waals surface area (Å²) in [5.41, 5.74) is 0. The fraction of sp³-hybridized carbons (Fsp3) is 0.636. The van der Waals surface area contributed by atoms with Crippen LogP contribution in [0.5, 0.6) is 0 Å². The molecule has 1 aliphatic rings. The first kappa shape index (κ1) is 13.6. The molecule has 0 bridgehead atoms. The molecule has 2 heterocycles. The van der Waals surface area contributed by atoms with Gasteiger partial charge in [-0.05, 0) is 10.8 Å². The van der Waals surface area contributed by atoms with E-state index in [1.165, 1.54) is 6.42 Å². The van der Waals surface area contributed by atoms with Crippen LogP contribution in [0.15, 0.2) is 22.9 Å². The molecule has 0 radical (unpaired) electrons. The van der Waals surface area contributed by atoms with E-state index in [-0.39, 0.29) is 0 Å². The topological polar surface area (TPSA) is 21.3 Å². The summed E-state index contributed by atoms with van der Waals surface area (Å²) in [4.78, 5) is 0. The fourth-order valence-corrected chi connectivity index (χ4v) is 1.20. The van der Waals surface area contributed by atoms with Gasteiger partial charge in [-0.3, -0.25) is 0 Å². The van der Waals surface area contributed by atoms with E-state index >= 15 is 0 Å². The van der Waals surface area contributed by atoms with E-state index < -0.39 is 0 Å². The second-order valence-electron chi connectivity index (χ2n) is 2.86. The van der Waals surface area contributed by atoms with E-state index in [0.29, 0.717) is 0 Å². The van der Waals surface area contributed by atoms with Crippen LogP contribution in [0, 0.1) is 0 Å². The molecular weight excluding hydrogens is 194 g/mol. The molecule has 0 spiro atoms. The van der Waals surface area contributed by atoms with Crippen molar-refractivity contribution >= 4 is 11.3 Å². The molecule has 3 heteroatoms. The molecule has 0 atom stereocenters. The van der Waals surface area contributed by atoms with Crippen LogP contribution in [-0.2, 0) is 4.74 Å². The average molecular weight is 215 g/mol. The molecule has 2 nitrogen and oxygen atoms in total. The van der Waals surface area contributed by atoms with Crippen molar-refractivity contribution in [1.29, 1.82) is 0 Å². The summed E-state index contributed by atoms with van der Waals surface area (Å²) in [5, 5.41) is 7.24. The third-order valence-electron chi connectivity index (χ3n) is 1.27. The van der Waals surface area contributed by atoms with Gasteiger partial charge in [0.1, 0.15) is 0 Å². The maximum atomic E-state index is 5.01. The molecule has 82 valence electrons. The monoisotopic (exact) mass is 215 g/mol. The third-order valence-corrected chi connectivity index (χ3v) is 1.90. The molecule has 1 saturated heterocycles. The van der Waals surface area contributed by atoms with Gasteiger partial charge >= 0.3 is 0 Å². The lowest BCUT2D eigenvalue weighted by Crippen LogP contribution is -2.30.